The third-order valence-corrected chi connectivity index (χ3v) is 6.28. The Morgan fingerprint density at radius 2 is 1.94 bits per heavy atom. The molecule has 0 radical (unpaired) electrons. The van der Waals surface area contributed by atoms with Crippen molar-refractivity contribution in [1.82, 2.24) is 30.3 Å². The second-order valence-electron chi connectivity index (χ2n) is 8.64. The van der Waals surface area contributed by atoms with Crippen LogP contribution in [0.3, 0.4) is 0 Å². The number of benzene rings is 1. The van der Waals surface area contributed by atoms with Crippen molar-refractivity contribution in [1.29, 1.82) is 0 Å². The minimum atomic E-state index is -1.29. The number of aryl methyl sites for hydroxylation is 1. The lowest BCUT2D eigenvalue weighted by atomic mass is 10.1. The van der Waals surface area contributed by atoms with E-state index in [1.165, 1.54) is 5.01 Å². The van der Waals surface area contributed by atoms with Crippen molar-refractivity contribution < 1.29 is 33.9 Å². The lowest BCUT2D eigenvalue weighted by Gasteiger charge is -2.42. The summed E-state index contributed by atoms with van der Waals surface area (Å²) in [6, 6.07) is 5.84. The third kappa shape index (κ3) is 4.72. The normalized spacial score (nSPS) is 18.9. The van der Waals surface area contributed by atoms with Gasteiger partial charge < -0.3 is 19.8 Å². The number of carbonyl (C=O) groups is 6. The number of aromatic nitrogens is 1. The molecule has 3 N–H and O–H groups in total. The first-order chi connectivity index (χ1) is 17.2. The number of aliphatic carboxylic acids is 1. The Bertz CT molecular complexity index is 1240. The Morgan fingerprint density at radius 3 is 2.64 bits per heavy atom. The minimum Gasteiger partial charge on any atom is -0.481 e. The second kappa shape index (κ2) is 10.1. The van der Waals surface area contributed by atoms with Crippen molar-refractivity contribution in [3.8, 4) is 0 Å². The summed E-state index contributed by atoms with van der Waals surface area (Å²) in [5.41, 5.74) is 3.68. The average Bonchev–Trinajstić information content (AvgIpc) is 3.15. The molecule has 0 saturated carbocycles. The van der Waals surface area contributed by atoms with Gasteiger partial charge in [0, 0.05) is 30.9 Å². The van der Waals surface area contributed by atoms with E-state index in [1.54, 1.807) is 17.7 Å². The number of hydrogen-bond donors (Lipinski definition) is 3. The molecule has 3 heterocycles. The lowest BCUT2D eigenvalue weighted by Crippen LogP contribution is -2.64. The first-order valence-electron chi connectivity index (χ1n) is 11.4. The molecule has 2 unspecified atom stereocenters. The van der Waals surface area contributed by atoms with Crippen molar-refractivity contribution in [2.75, 3.05) is 13.1 Å². The lowest BCUT2D eigenvalue weighted by molar-refractivity contribution is -0.155. The van der Waals surface area contributed by atoms with Gasteiger partial charge in [-0.15, -0.1) is 0 Å². The van der Waals surface area contributed by atoms with Crippen LogP contribution in [0.1, 0.15) is 36.2 Å². The van der Waals surface area contributed by atoms with Crippen molar-refractivity contribution in [3.05, 3.63) is 36.0 Å². The highest BCUT2D eigenvalue weighted by molar-refractivity contribution is 6.00. The van der Waals surface area contributed by atoms with Gasteiger partial charge in [0.2, 0.25) is 11.8 Å². The first-order valence-corrected chi connectivity index (χ1v) is 11.4. The van der Waals surface area contributed by atoms with Gasteiger partial charge in [-0.3, -0.25) is 24.6 Å². The van der Waals surface area contributed by atoms with Crippen molar-refractivity contribution >= 4 is 46.9 Å². The highest BCUT2D eigenvalue weighted by atomic mass is 16.4. The molecule has 13 heteroatoms. The van der Waals surface area contributed by atoms with Crippen LogP contribution in [-0.4, -0.2) is 85.9 Å². The fourth-order valence-corrected chi connectivity index (χ4v) is 4.50. The summed E-state index contributed by atoms with van der Waals surface area (Å²) in [4.78, 5) is 74.5. The van der Waals surface area contributed by atoms with Crippen LogP contribution in [0.2, 0.25) is 0 Å². The Balaban J connectivity index is 1.56. The number of hydrazine groups is 2. The summed E-state index contributed by atoms with van der Waals surface area (Å²) >= 11 is 0. The molecule has 0 aliphatic carbocycles. The molecule has 2 aromatic rings. The number of fused-ring (bicyclic) bond motifs is 2. The fraction of sp³-hybridized carbons (Fsp3) is 0.391. The first kappa shape index (κ1) is 24.7. The van der Waals surface area contributed by atoms with E-state index in [0.717, 1.165) is 20.9 Å². The highest BCUT2D eigenvalue weighted by Gasteiger charge is 2.44. The zero-order valence-corrected chi connectivity index (χ0v) is 19.5. The summed E-state index contributed by atoms with van der Waals surface area (Å²) in [6.07, 6.45) is 0.206. The topological polar surface area (TPSA) is 161 Å². The molecule has 2 atom stereocenters. The fourth-order valence-electron chi connectivity index (χ4n) is 4.50. The number of rotatable bonds is 7. The minimum absolute atomic E-state index is 0.0814. The molecule has 1 aromatic carbocycles. The van der Waals surface area contributed by atoms with Crippen LogP contribution < -0.4 is 10.7 Å². The number of carboxylic acids is 1. The van der Waals surface area contributed by atoms with Gasteiger partial charge in [-0.05, 0) is 25.0 Å². The van der Waals surface area contributed by atoms with Gasteiger partial charge in [-0.1, -0.05) is 18.2 Å². The van der Waals surface area contributed by atoms with Gasteiger partial charge in [0.05, 0.1) is 19.0 Å². The van der Waals surface area contributed by atoms with E-state index in [2.05, 4.69) is 10.7 Å². The maximum absolute atomic E-state index is 13.5. The van der Waals surface area contributed by atoms with Crippen molar-refractivity contribution in [2.24, 2.45) is 7.05 Å². The van der Waals surface area contributed by atoms with E-state index in [0.29, 0.717) is 18.4 Å². The molecule has 1 aromatic heterocycles. The smallest absolute Gasteiger partial charge is 0.358 e. The molecular weight excluding hydrogens is 472 g/mol. The van der Waals surface area contributed by atoms with E-state index in [1.807, 2.05) is 24.3 Å². The standard InChI is InChI=1S/C23H26N6O7/c1-26-16-6-3-2-5-14(16)11-18(26)22(35)25-27-10-8-19(31)28-9-4-7-17(29(28)23(27)36)21(34)24-15(13-30)12-20(32)33/h2-3,5-6,11,13,15,17H,4,7-10,12H2,1H3,(H,24,34)(H,25,35)(H,32,33). The van der Waals surface area contributed by atoms with Gasteiger partial charge in [0.15, 0.2) is 0 Å². The van der Waals surface area contributed by atoms with Gasteiger partial charge in [-0.25, -0.2) is 19.8 Å². The molecule has 2 aliphatic rings. The van der Waals surface area contributed by atoms with Crippen LogP contribution >= 0.6 is 0 Å². The number of carboxylic acid groups (broad SMARTS) is 1. The molecule has 2 saturated heterocycles. The Hall–Kier alpha value is -4.42. The maximum atomic E-state index is 13.5. The van der Waals surface area contributed by atoms with E-state index < -0.39 is 48.2 Å². The molecule has 0 spiro atoms. The van der Waals surface area contributed by atoms with E-state index in [-0.39, 0.29) is 25.9 Å². The van der Waals surface area contributed by atoms with Gasteiger partial charge in [-0.2, -0.15) is 0 Å². The summed E-state index contributed by atoms with van der Waals surface area (Å²) in [5, 5.41) is 15.3. The van der Waals surface area contributed by atoms with Gasteiger partial charge in [0.1, 0.15) is 18.0 Å². The third-order valence-electron chi connectivity index (χ3n) is 6.28. The molecule has 190 valence electrons. The van der Waals surface area contributed by atoms with Crippen LogP contribution in [0.25, 0.3) is 10.9 Å². The molecular formula is C23H26N6O7. The zero-order chi connectivity index (χ0) is 26.0. The number of amides is 5. The monoisotopic (exact) mass is 498 g/mol. The molecule has 36 heavy (non-hydrogen) atoms. The number of aldehydes is 1. The van der Waals surface area contributed by atoms with Crippen molar-refractivity contribution in [2.45, 2.75) is 37.8 Å². The van der Waals surface area contributed by atoms with Crippen LogP contribution in [0.5, 0.6) is 0 Å². The number of hydrogen-bond acceptors (Lipinski definition) is 6. The summed E-state index contributed by atoms with van der Waals surface area (Å²) in [6.45, 7) is 0.0935. The Labute approximate surface area is 205 Å². The number of nitrogens with one attached hydrogen (secondary N) is 2. The average molecular weight is 498 g/mol. The number of para-hydroxylation sites is 1. The van der Waals surface area contributed by atoms with E-state index in [9.17, 15) is 28.8 Å². The molecule has 5 amide bonds. The molecule has 2 aliphatic heterocycles. The SMILES string of the molecule is Cn1c(C(=O)NN2CCC(=O)N3CCCC(C(=O)NC(C=O)CC(=O)O)N3C2=O)cc2ccccc21. The zero-order valence-electron chi connectivity index (χ0n) is 19.5. The van der Waals surface area contributed by atoms with Crippen molar-refractivity contribution in [3.63, 3.8) is 0 Å². The number of carbonyl (C=O) groups excluding carboxylic acids is 5. The Kier molecular flexibility index (Phi) is 6.90. The number of nitrogens with zero attached hydrogens (tertiary/aromatic N) is 4. The largest absolute Gasteiger partial charge is 0.481 e. The molecule has 2 fully saturated rings. The number of urea groups is 1. The van der Waals surface area contributed by atoms with Crippen LogP contribution in [0, 0.1) is 0 Å². The summed E-state index contributed by atoms with van der Waals surface area (Å²) < 4.78 is 1.68. The molecule has 0 bridgehead atoms. The quantitative estimate of drug-likeness (QED) is 0.453. The van der Waals surface area contributed by atoms with E-state index in [4.69, 9.17) is 5.11 Å². The summed E-state index contributed by atoms with van der Waals surface area (Å²) in [7, 11) is 1.72. The van der Waals surface area contributed by atoms with E-state index >= 15 is 0 Å². The van der Waals surface area contributed by atoms with Gasteiger partial charge in [0.25, 0.3) is 5.91 Å². The molecule has 13 nitrogen and oxygen atoms in total. The highest BCUT2D eigenvalue weighted by Crippen LogP contribution is 2.24. The van der Waals surface area contributed by atoms with Crippen LogP contribution in [0.4, 0.5) is 4.79 Å². The Morgan fingerprint density at radius 1 is 1.19 bits per heavy atom. The van der Waals surface area contributed by atoms with Crippen LogP contribution in [0.15, 0.2) is 30.3 Å². The summed E-state index contributed by atoms with van der Waals surface area (Å²) in [5.74, 6) is -3.01. The predicted molar refractivity (Wildman–Crippen MR) is 124 cm³/mol. The molecule has 4 rings (SSSR count). The second-order valence-corrected chi connectivity index (χ2v) is 8.64. The maximum Gasteiger partial charge on any atom is 0.358 e. The predicted octanol–water partition coefficient (Wildman–Crippen LogP) is 0.0152. The van der Waals surface area contributed by atoms with Gasteiger partial charge >= 0.3 is 12.0 Å². The van der Waals surface area contributed by atoms with Crippen LogP contribution in [-0.2, 0) is 26.2 Å².